The van der Waals surface area contributed by atoms with Crippen molar-refractivity contribution in [2.24, 2.45) is 4.99 Å². The molecule has 2 aromatic rings. The maximum Gasteiger partial charge on any atom is 0.285 e. The Hall–Kier alpha value is -2.07. The molecular weight excluding hydrogens is 310 g/mol. The van der Waals surface area contributed by atoms with E-state index in [2.05, 4.69) is 35.2 Å². The van der Waals surface area contributed by atoms with E-state index in [-0.39, 0.29) is 6.04 Å². The van der Waals surface area contributed by atoms with Crippen molar-refractivity contribution in [1.29, 1.82) is 0 Å². The van der Waals surface area contributed by atoms with E-state index in [9.17, 15) is 0 Å². The standard InChI is InChI=1S/C18H20ClN3O/c1-12-10-20-11-15(13(12)2)9-17(22-18-21-6-7-23-18)14-4-3-5-16(19)8-14/h3-5,8,10-11,17H,6-7,9H2,1-2H3,(H,21,22). The Kier molecular flexibility index (Phi) is 4.82. The van der Waals surface area contributed by atoms with E-state index in [1.165, 1.54) is 16.7 Å². The fraction of sp³-hybridized carbons (Fsp3) is 0.333. The number of aromatic nitrogens is 1. The van der Waals surface area contributed by atoms with Crippen molar-refractivity contribution in [3.8, 4) is 0 Å². The summed E-state index contributed by atoms with van der Waals surface area (Å²) in [7, 11) is 0. The van der Waals surface area contributed by atoms with Crippen LogP contribution in [0.3, 0.4) is 0 Å². The highest BCUT2D eigenvalue weighted by atomic mass is 35.5. The number of amidine groups is 1. The number of hydrogen-bond acceptors (Lipinski definition) is 4. The predicted octanol–water partition coefficient (Wildman–Crippen LogP) is 3.61. The van der Waals surface area contributed by atoms with Crippen LogP contribution < -0.4 is 5.32 Å². The first kappa shape index (κ1) is 15.8. The number of aliphatic imine (C=N–C) groups is 1. The van der Waals surface area contributed by atoms with E-state index < -0.39 is 0 Å². The number of pyridine rings is 1. The number of nitrogens with zero attached hydrogens (tertiary/aromatic N) is 2. The molecule has 1 aliphatic rings. The first-order valence-electron chi connectivity index (χ1n) is 7.73. The summed E-state index contributed by atoms with van der Waals surface area (Å²) in [5, 5.41) is 4.12. The summed E-state index contributed by atoms with van der Waals surface area (Å²) in [6.07, 6.45) is 4.62. The second-order valence-electron chi connectivity index (χ2n) is 5.73. The normalized spacial score (nSPS) is 15.0. The maximum atomic E-state index is 6.16. The lowest BCUT2D eigenvalue weighted by Gasteiger charge is -2.21. The molecule has 0 saturated heterocycles. The maximum absolute atomic E-state index is 6.16. The van der Waals surface area contributed by atoms with Crippen LogP contribution in [-0.2, 0) is 11.2 Å². The molecule has 3 rings (SSSR count). The van der Waals surface area contributed by atoms with Gasteiger partial charge in [0.25, 0.3) is 6.02 Å². The average Bonchev–Trinajstić information content (AvgIpc) is 3.04. The zero-order chi connectivity index (χ0) is 16.2. The summed E-state index contributed by atoms with van der Waals surface area (Å²) in [5.41, 5.74) is 4.78. The molecule has 0 radical (unpaired) electrons. The van der Waals surface area contributed by atoms with Gasteiger partial charge in [0.1, 0.15) is 6.61 Å². The van der Waals surface area contributed by atoms with Crippen LogP contribution in [0.4, 0.5) is 0 Å². The van der Waals surface area contributed by atoms with E-state index in [1.54, 1.807) is 0 Å². The van der Waals surface area contributed by atoms with Gasteiger partial charge < -0.3 is 10.1 Å². The molecule has 23 heavy (non-hydrogen) atoms. The highest BCUT2D eigenvalue weighted by Crippen LogP contribution is 2.24. The number of ether oxygens (including phenoxy) is 1. The van der Waals surface area contributed by atoms with E-state index in [1.807, 2.05) is 30.6 Å². The van der Waals surface area contributed by atoms with Crippen molar-refractivity contribution in [3.05, 3.63) is 63.9 Å². The van der Waals surface area contributed by atoms with Gasteiger partial charge in [-0.1, -0.05) is 23.7 Å². The minimum absolute atomic E-state index is 0.0350. The molecule has 1 atom stereocenters. The van der Waals surface area contributed by atoms with Crippen LogP contribution in [0.1, 0.15) is 28.3 Å². The third-order valence-electron chi connectivity index (χ3n) is 4.13. The Balaban J connectivity index is 1.89. The third-order valence-corrected chi connectivity index (χ3v) is 4.37. The van der Waals surface area contributed by atoms with Crippen LogP contribution in [0.5, 0.6) is 0 Å². The zero-order valence-corrected chi connectivity index (χ0v) is 14.1. The Labute approximate surface area is 141 Å². The van der Waals surface area contributed by atoms with Crippen LogP contribution >= 0.6 is 11.6 Å². The van der Waals surface area contributed by atoms with Gasteiger partial charge in [0.15, 0.2) is 0 Å². The first-order valence-corrected chi connectivity index (χ1v) is 8.10. The third kappa shape index (κ3) is 3.82. The number of benzene rings is 1. The topological polar surface area (TPSA) is 46.5 Å². The monoisotopic (exact) mass is 329 g/mol. The largest absolute Gasteiger partial charge is 0.463 e. The van der Waals surface area contributed by atoms with E-state index in [0.29, 0.717) is 19.2 Å². The smallest absolute Gasteiger partial charge is 0.285 e. The van der Waals surface area contributed by atoms with Gasteiger partial charge >= 0.3 is 0 Å². The zero-order valence-electron chi connectivity index (χ0n) is 13.3. The Morgan fingerprint density at radius 3 is 2.91 bits per heavy atom. The number of halogens is 1. The molecule has 4 nitrogen and oxygen atoms in total. The molecule has 2 heterocycles. The first-order chi connectivity index (χ1) is 11.1. The molecule has 120 valence electrons. The van der Waals surface area contributed by atoms with Gasteiger partial charge in [-0.15, -0.1) is 0 Å². The molecule has 5 heteroatoms. The van der Waals surface area contributed by atoms with Crippen molar-refractivity contribution >= 4 is 17.6 Å². The van der Waals surface area contributed by atoms with Crippen molar-refractivity contribution in [3.63, 3.8) is 0 Å². The molecule has 0 amide bonds. The average molecular weight is 330 g/mol. The van der Waals surface area contributed by atoms with E-state index in [4.69, 9.17) is 16.3 Å². The lowest BCUT2D eigenvalue weighted by Crippen LogP contribution is -2.30. The van der Waals surface area contributed by atoms with Gasteiger partial charge in [0, 0.05) is 17.4 Å². The summed E-state index contributed by atoms with van der Waals surface area (Å²) in [6, 6.07) is 8.53. The lowest BCUT2D eigenvalue weighted by atomic mass is 9.96. The lowest BCUT2D eigenvalue weighted by molar-refractivity contribution is 0.325. The summed E-state index contributed by atoms with van der Waals surface area (Å²) in [6.45, 7) is 5.55. The second kappa shape index (κ2) is 7.01. The highest BCUT2D eigenvalue weighted by Gasteiger charge is 2.18. The minimum atomic E-state index is 0.0350. The molecule has 0 bridgehead atoms. The van der Waals surface area contributed by atoms with Gasteiger partial charge in [-0.3, -0.25) is 4.98 Å². The molecule has 1 aromatic heterocycles. The predicted molar refractivity (Wildman–Crippen MR) is 93.0 cm³/mol. The second-order valence-corrected chi connectivity index (χ2v) is 6.17. The molecule has 1 unspecified atom stereocenters. The van der Waals surface area contributed by atoms with Gasteiger partial charge in [-0.25, -0.2) is 4.99 Å². The van der Waals surface area contributed by atoms with Gasteiger partial charge in [-0.05, 0) is 54.7 Å². The fourth-order valence-electron chi connectivity index (χ4n) is 2.66. The van der Waals surface area contributed by atoms with Gasteiger partial charge in [0.2, 0.25) is 0 Å². The Morgan fingerprint density at radius 2 is 2.17 bits per heavy atom. The molecular formula is C18H20ClN3O. The van der Waals surface area contributed by atoms with Crippen molar-refractivity contribution < 1.29 is 4.74 Å². The minimum Gasteiger partial charge on any atom is -0.463 e. The number of aryl methyl sites for hydroxylation is 1. The highest BCUT2D eigenvalue weighted by molar-refractivity contribution is 6.30. The SMILES string of the molecule is Cc1cncc(CC(NC2=NCCO2)c2cccc(Cl)c2)c1C. The molecule has 1 aliphatic heterocycles. The quantitative estimate of drug-likeness (QED) is 0.932. The number of rotatable bonds is 4. The number of nitrogens with one attached hydrogen (secondary N) is 1. The van der Waals surface area contributed by atoms with Crippen molar-refractivity contribution in [2.75, 3.05) is 13.2 Å². The van der Waals surface area contributed by atoms with Gasteiger partial charge in [0.05, 0.1) is 12.6 Å². The molecule has 1 aromatic carbocycles. The van der Waals surface area contributed by atoms with Gasteiger partial charge in [-0.2, -0.15) is 0 Å². The summed E-state index contributed by atoms with van der Waals surface area (Å²) < 4.78 is 5.52. The van der Waals surface area contributed by atoms with Crippen LogP contribution in [-0.4, -0.2) is 24.2 Å². The summed E-state index contributed by atoms with van der Waals surface area (Å²) in [4.78, 5) is 8.67. The Morgan fingerprint density at radius 1 is 1.30 bits per heavy atom. The molecule has 0 fully saturated rings. The van der Waals surface area contributed by atoms with Crippen molar-refractivity contribution in [1.82, 2.24) is 10.3 Å². The molecule has 0 saturated carbocycles. The van der Waals surface area contributed by atoms with Crippen LogP contribution in [0.2, 0.25) is 5.02 Å². The fourth-order valence-corrected chi connectivity index (χ4v) is 2.86. The number of hydrogen-bond donors (Lipinski definition) is 1. The molecule has 0 aliphatic carbocycles. The molecule has 0 spiro atoms. The van der Waals surface area contributed by atoms with Crippen LogP contribution in [0.15, 0.2) is 41.7 Å². The summed E-state index contributed by atoms with van der Waals surface area (Å²) in [5.74, 6) is 0. The summed E-state index contributed by atoms with van der Waals surface area (Å²) >= 11 is 6.16. The van der Waals surface area contributed by atoms with E-state index >= 15 is 0 Å². The van der Waals surface area contributed by atoms with Crippen molar-refractivity contribution in [2.45, 2.75) is 26.3 Å². The molecule has 1 N–H and O–H groups in total. The van der Waals surface area contributed by atoms with Crippen LogP contribution in [0.25, 0.3) is 0 Å². The van der Waals surface area contributed by atoms with Crippen LogP contribution in [0, 0.1) is 13.8 Å². The Bertz CT molecular complexity index is 730. The van der Waals surface area contributed by atoms with E-state index in [0.717, 1.165) is 17.0 Å².